The van der Waals surface area contributed by atoms with Crippen LogP contribution in [0.4, 0.5) is 0 Å². The van der Waals surface area contributed by atoms with Gasteiger partial charge in [-0.25, -0.2) is 0 Å². The summed E-state index contributed by atoms with van der Waals surface area (Å²) in [6.45, 7) is 14.1. The zero-order valence-corrected chi connectivity index (χ0v) is 10.1. The van der Waals surface area contributed by atoms with Crippen LogP contribution in [0.5, 0.6) is 0 Å². The maximum atomic E-state index is 2.43. The van der Waals surface area contributed by atoms with Crippen molar-refractivity contribution in [3.63, 3.8) is 0 Å². The van der Waals surface area contributed by atoms with Gasteiger partial charge in [0.15, 0.2) is 0 Å². The quantitative estimate of drug-likeness (QED) is 0.629. The summed E-state index contributed by atoms with van der Waals surface area (Å²) in [7, 11) is 0. The zero-order chi connectivity index (χ0) is 9.57. The fourth-order valence-electron chi connectivity index (χ4n) is 1.89. The minimum absolute atomic E-state index is 0.436. The Morgan fingerprint density at radius 1 is 1.33 bits per heavy atom. The maximum absolute atomic E-state index is 2.43. The van der Waals surface area contributed by atoms with Crippen molar-refractivity contribution in [2.75, 3.05) is 0 Å². The molecule has 0 radical (unpaired) electrons. The molecule has 1 fully saturated rings. The number of hydrogen-bond donors (Lipinski definition) is 0. The molecule has 0 bridgehead atoms. The van der Waals surface area contributed by atoms with Crippen LogP contribution in [-0.4, -0.2) is 10.00 Å². The third kappa shape index (κ3) is 1.81. The molecule has 0 amide bonds. The third-order valence-corrected chi connectivity index (χ3v) is 5.19. The van der Waals surface area contributed by atoms with Crippen LogP contribution in [0.15, 0.2) is 0 Å². The van der Waals surface area contributed by atoms with Gasteiger partial charge in [-0.2, -0.15) is 11.8 Å². The number of thioether (sulfide) groups is 1. The summed E-state index contributed by atoms with van der Waals surface area (Å²) in [6, 6.07) is 0. The van der Waals surface area contributed by atoms with E-state index < -0.39 is 0 Å². The first kappa shape index (κ1) is 10.4. The Bertz CT molecular complexity index is 168. The average Bonchev–Trinajstić information content (AvgIpc) is 2.39. The highest BCUT2D eigenvalue weighted by atomic mass is 32.2. The molecule has 0 saturated heterocycles. The molecule has 72 valence electrons. The van der Waals surface area contributed by atoms with Gasteiger partial charge in [0.25, 0.3) is 0 Å². The van der Waals surface area contributed by atoms with Gasteiger partial charge in [-0.05, 0) is 17.8 Å². The summed E-state index contributed by atoms with van der Waals surface area (Å²) in [4.78, 5) is 0. The van der Waals surface area contributed by atoms with Gasteiger partial charge in [-0.3, -0.25) is 0 Å². The van der Waals surface area contributed by atoms with Crippen LogP contribution in [0.3, 0.4) is 0 Å². The second-order valence-electron chi connectivity index (χ2n) is 5.30. The molecule has 1 saturated carbocycles. The van der Waals surface area contributed by atoms with Crippen molar-refractivity contribution in [3.8, 4) is 0 Å². The molecular formula is C11H22S. The molecule has 0 aromatic heterocycles. The average molecular weight is 186 g/mol. The summed E-state index contributed by atoms with van der Waals surface area (Å²) in [5.74, 6) is 0.923. The van der Waals surface area contributed by atoms with Crippen LogP contribution < -0.4 is 0 Å². The molecule has 3 unspecified atom stereocenters. The summed E-state index contributed by atoms with van der Waals surface area (Å²) in [6.07, 6.45) is 1.34. The van der Waals surface area contributed by atoms with E-state index in [9.17, 15) is 0 Å². The van der Waals surface area contributed by atoms with Crippen LogP contribution in [0, 0.1) is 11.3 Å². The van der Waals surface area contributed by atoms with E-state index in [0.717, 1.165) is 11.2 Å². The second kappa shape index (κ2) is 2.94. The standard InChI is InChI=1S/C11H22S/c1-7-11(6)8(2)9(11)12-10(3,4)5/h8-9H,7H2,1-6H3. The van der Waals surface area contributed by atoms with Crippen molar-refractivity contribution < 1.29 is 0 Å². The first-order chi connectivity index (χ1) is 5.31. The van der Waals surface area contributed by atoms with Crippen molar-refractivity contribution in [1.82, 2.24) is 0 Å². The van der Waals surface area contributed by atoms with E-state index in [0.29, 0.717) is 10.2 Å². The highest BCUT2D eigenvalue weighted by Crippen LogP contribution is 2.63. The van der Waals surface area contributed by atoms with Crippen LogP contribution in [0.25, 0.3) is 0 Å². The van der Waals surface area contributed by atoms with E-state index in [1.165, 1.54) is 6.42 Å². The van der Waals surface area contributed by atoms with Crippen LogP contribution in [0.2, 0.25) is 0 Å². The Labute approximate surface area is 81.5 Å². The third-order valence-electron chi connectivity index (χ3n) is 3.28. The lowest BCUT2D eigenvalue weighted by atomic mass is 10.0. The predicted molar refractivity (Wildman–Crippen MR) is 58.7 cm³/mol. The summed E-state index contributed by atoms with van der Waals surface area (Å²) < 4.78 is 0.436. The Morgan fingerprint density at radius 3 is 2.08 bits per heavy atom. The normalized spacial score (nSPS) is 41.5. The molecule has 0 aliphatic heterocycles. The van der Waals surface area contributed by atoms with Gasteiger partial charge in [0.2, 0.25) is 0 Å². The lowest BCUT2D eigenvalue weighted by Crippen LogP contribution is -2.11. The van der Waals surface area contributed by atoms with Gasteiger partial charge in [-0.1, -0.05) is 41.5 Å². The van der Waals surface area contributed by atoms with E-state index in [1.54, 1.807) is 0 Å². The van der Waals surface area contributed by atoms with Gasteiger partial charge in [0.1, 0.15) is 0 Å². The van der Waals surface area contributed by atoms with Crippen LogP contribution in [0.1, 0.15) is 48.0 Å². The van der Waals surface area contributed by atoms with E-state index in [-0.39, 0.29) is 0 Å². The SMILES string of the molecule is CCC1(C)C(C)C1SC(C)(C)C. The van der Waals surface area contributed by atoms with Crippen molar-refractivity contribution >= 4 is 11.8 Å². The minimum atomic E-state index is 0.436. The summed E-state index contributed by atoms with van der Waals surface area (Å²) in [5, 5.41) is 0.905. The van der Waals surface area contributed by atoms with Crippen molar-refractivity contribution in [2.45, 2.75) is 58.0 Å². The molecule has 3 atom stereocenters. The molecule has 0 aromatic rings. The van der Waals surface area contributed by atoms with E-state index >= 15 is 0 Å². The molecule has 1 aliphatic carbocycles. The lowest BCUT2D eigenvalue weighted by molar-refractivity contribution is 0.503. The maximum Gasteiger partial charge on any atom is 0.0140 e. The molecule has 1 aliphatic rings. The molecule has 0 spiro atoms. The fraction of sp³-hybridized carbons (Fsp3) is 1.00. The minimum Gasteiger partial charge on any atom is -0.152 e. The van der Waals surface area contributed by atoms with Gasteiger partial charge >= 0.3 is 0 Å². The molecule has 0 heterocycles. The van der Waals surface area contributed by atoms with Crippen molar-refractivity contribution in [1.29, 1.82) is 0 Å². The van der Waals surface area contributed by atoms with Gasteiger partial charge in [0.05, 0.1) is 0 Å². The highest BCUT2D eigenvalue weighted by Gasteiger charge is 2.57. The van der Waals surface area contributed by atoms with E-state index in [4.69, 9.17) is 0 Å². The predicted octanol–water partition coefficient (Wildman–Crippen LogP) is 3.95. The summed E-state index contributed by atoms with van der Waals surface area (Å²) in [5.41, 5.74) is 0.637. The van der Waals surface area contributed by atoms with E-state index in [1.807, 2.05) is 0 Å². The Hall–Kier alpha value is 0.350. The largest absolute Gasteiger partial charge is 0.152 e. The van der Waals surface area contributed by atoms with Crippen LogP contribution >= 0.6 is 11.8 Å². The highest BCUT2D eigenvalue weighted by molar-refractivity contribution is 8.01. The molecule has 1 rings (SSSR count). The Morgan fingerprint density at radius 2 is 1.83 bits per heavy atom. The molecular weight excluding hydrogens is 164 g/mol. The first-order valence-corrected chi connectivity index (χ1v) is 5.87. The molecule has 0 aromatic carbocycles. The molecule has 0 nitrogen and oxygen atoms in total. The Balaban J connectivity index is 2.49. The lowest BCUT2D eigenvalue weighted by Gasteiger charge is -2.19. The van der Waals surface area contributed by atoms with Crippen molar-refractivity contribution in [2.24, 2.45) is 11.3 Å². The fourth-order valence-corrected chi connectivity index (χ4v) is 3.74. The van der Waals surface area contributed by atoms with Crippen molar-refractivity contribution in [3.05, 3.63) is 0 Å². The zero-order valence-electron chi connectivity index (χ0n) is 9.27. The molecule has 0 N–H and O–H groups in total. The first-order valence-electron chi connectivity index (χ1n) is 4.99. The molecule has 1 heteroatoms. The second-order valence-corrected chi connectivity index (χ2v) is 7.27. The van der Waals surface area contributed by atoms with Gasteiger partial charge < -0.3 is 0 Å². The van der Waals surface area contributed by atoms with Gasteiger partial charge in [0, 0.05) is 10.00 Å². The van der Waals surface area contributed by atoms with Gasteiger partial charge in [-0.15, -0.1) is 0 Å². The number of hydrogen-bond acceptors (Lipinski definition) is 1. The van der Waals surface area contributed by atoms with E-state index in [2.05, 4.69) is 53.3 Å². The Kier molecular flexibility index (Phi) is 2.55. The number of rotatable bonds is 2. The molecule has 12 heavy (non-hydrogen) atoms. The topological polar surface area (TPSA) is 0 Å². The summed E-state index contributed by atoms with van der Waals surface area (Å²) >= 11 is 2.16. The van der Waals surface area contributed by atoms with Crippen LogP contribution in [-0.2, 0) is 0 Å². The monoisotopic (exact) mass is 186 g/mol. The smallest absolute Gasteiger partial charge is 0.0140 e.